The van der Waals surface area contributed by atoms with E-state index in [0.29, 0.717) is 5.56 Å². The maximum atomic E-state index is 12.8. The third kappa shape index (κ3) is 4.14. The molecule has 0 saturated carbocycles. The summed E-state index contributed by atoms with van der Waals surface area (Å²) in [5.74, 6) is -2.68. The first-order chi connectivity index (χ1) is 7.80. The molecule has 1 rings (SSSR count). The van der Waals surface area contributed by atoms with Crippen LogP contribution < -0.4 is 5.43 Å². The highest BCUT2D eigenvalue weighted by molar-refractivity contribution is 9.10. The summed E-state index contributed by atoms with van der Waals surface area (Å²) >= 11 is 2.89. The Kier molecular flexibility index (Phi) is 4.22. The van der Waals surface area contributed by atoms with Crippen molar-refractivity contribution in [2.45, 2.75) is 6.18 Å². The van der Waals surface area contributed by atoms with Crippen molar-refractivity contribution in [1.29, 1.82) is 0 Å². The lowest BCUT2D eigenvalue weighted by atomic mass is 10.2. The summed E-state index contributed by atoms with van der Waals surface area (Å²) in [6, 6.07) is 3.71. The number of nitrogens with one attached hydrogen (secondary N) is 1. The second kappa shape index (κ2) is 5.26. The minimum absolute atomic E-state index is 0.142. The van der Waals surface area contributed by atoms with Crippen molar-refractivity contribution in [3.05, 3.63) is 34.1 Å². The lowest BCUT2D eigenvalue weighted by molar-refractivity contribution is -0.173. The zero-order chi connectivity index (χ0) is 13.1. The van der Waals surface area contributed by atoms with Crippen LogP contribution in [0.5, 0.6) is 0 Å². The van der Waals surface area contributed by atoms with E-state index in [0.717, 1.165) is 12.3 Å². The predicted molar refractivity (Wildman–Crippen MR) is 55.9 cm³/mol. The summed E-state index contributed by atoms with van der Waals surface area (Å²) < 4.78 is 48.2. The van der Waals surface area contributed by atoms with Crippen LogP contribution in [0.25, 0.3) is 0 Å². The molecular formula is C9H5BrF4N2O. The quantitative estimate of drug-likeness (QED) is 0.509. The maximum Gasteiger partial charge on any atom is 0.473 e. The lowest BCUT2D eigenvalue weighted by Crippen LogP contribution is -2.33. The number of hydrogen-bond donors (Lipinski definition) is 1. The third-order valence-electron chi connectivity index (χ3n) is 1.58. The van der Waals surface area contributed by atoms with Crippen molar-refractivity contribution in [2.24, 2.45) is 5.10 Å². The van der Waals surface area contributed by atoms with Gasteiger partial charge in [0.15, 0.2) is 0 Å². The van der Waals surface area contributed by atoms with Crippen LogP contribution in [0.15, 0.2) is 27.8 Å². The molecule has 0 spiro atoms. The normalized spacial score (nSPS) is 11.8. The lowest BCUT2D eigenvalue weighted by Gasteiger charge is -2.02. The highest BCUT2D eigenvalue weighted by atomic mass is 79.9. The van der Waals surface area contributed by atoms with E-state index in [1.165, 1.54) is 17.6 Å². The van der Waals surface area contributed by atoms with Gasteiger partial charge in [0, 0.05) is 0 Å². The first-order valence-corrected chi connectivity index (χ1v) is 4.95. The van der Waals surface area contributed by atoms with E-state index < -0.39 is 17.9 Å². The molecule has 0 fully saturated rings. The Morgan fingerprint density at radius 3 is 2.59 bits per heavy atom. The molecular weight excluding hydrogens is 308 g/mol. The van der Waals surface area contributed by atoms with E-state index in [4.69, 9.17) is 0 Å². The fourth-order valence-electron chi connectivity index (χ4n) is 0.822. The molecule has 0 aromatic heterocycles. The number of benzene rings is 1. The molecule has 0 aliphatic rings. The van der Waals surface area contributed by atoms with Gasteiger partial charge in [-0.05, 0) is 33.6 Å². The van der Waals surface area contributed by atoms with E-state index in [9.17, 15) is 22.4 Å². The fourth-order valence-corrected chi connectivity index (χ4v) is 1.22. The summed E-state index contributed by atoms with van der Waals surface area (Å²) in [7, 11) is 0. The molecule has 1 N–H and O–H groups in total. The highest BCUT2D eigenvalue weighted by Crippen LogP contribution is 2.16. The number of nitrogens with zero attached hydrogens (tertiary/aromatic N) is 1. The van der Waals surface area contributed by atoms with E-state index in [-0.39, 0.29) is 4.47 Å². The van der Waals surface area contributed by atoms with Crippen molar-refractivity contribution in [2.75, 3.05) is 0 Å². The number of alkyl halides is 3. The Labute approximate surface area is 102 Å². The number of halogens is 5. The number of rotatable bonds is 2. The Bertz CT molecular complexity index is 459. The number of carbonyl (C=O) groups is 1. The van der Waals surface area contributed by atoms with E-state index in [2.05, 4.69) is 21.0 Å². The van der Waals surface area contributed by atoms with Crippen LogP contribution in [0.4, 0.5) is 17.6 Å². The van der Waals surface area contributed by atoms with Gasteiger partial charge in [-0.15, -0.1) is 0 Å². The van der Waals surface area contributed by atoms with Crippen LogP contribution in [0, 0.1) is 5.82 Å². The molecule has 0 aliphatic carbocycles. The number of amides is 1. The van der Waals surface area contributed by atoms with Crippen LogP contribution in [0.3, 0.4) is 0 Å². The fraction of sp³-hybridized carbons (Fsp3) is 0.111. The van der Waals surface area contributed by atoms with Gasteiger partial charge in [-0.25, -0.2) is 9.82 Å². The van der Waals surface area contributed by atoms with Crippen molar-refractivity contribution < 1.29 is 22.4 Å². The summed E-state index contributed by atoms with van der Waals surface area (Å²) in [5, 5.41) is 3.09. The van der Waals surface area contributed by atoms with Crippen LogP contribution in [0.1, 0.15) is 5.56 Å². The average molecular weight is 313 g/mol. The highest BCUT2D eigenvalue weighted by Gasteiger charge is 2.38. The molecule has 0 radical (unpaired) electrons. The molecule has 0 bridgehead atoms. The SMILES string of the molecule is O=C(N/N=C\c1ccc(F)c(Br)c1)C(F)(F)F. The minimum Gasteiger partial charge on any atom is -0.263 e. The molecule has 92 valence electrons. The van der Waals surface area contributed by atoms with E-state index >= 15 is 0 Å². The topological polar surface area (TPSA) is 41.5 Å². The van der Waals surface area contributed by atoms with Crippen LogP contribution in [0.2, 0.25) is 0 Å². The summed E-state index contributed by atoms with van der Waals surface area (Å²) in [4.78, 5) is 10.4. The van der Waals surface area contributed by atoms with Crippen molar-refractivity contribution in [3.8, 4) is 0 Å². The second-order valence-corrected chi connectivity index (χ2v) is 3.72. The predicted octanol–water partition coefficient (Wildman–Crippen LogP) is 2.60. The largest absolute Gasteiger partial charge is 0.473 e. The van der Waals surface area contributed by atoms with Crippen LogP contribution >= 0.6 is 15.9 Å². The molecule has 0 aliphatic heterocycles. The molecule has 0 heterocycles. The maximum absolute atomic E-state index is 12.8. The molecule has 1 aromatic carbocycles. The van der Waals surface area contributed by atoms with Gasteiger partial charge >= 0.3 is 12.1 Å². The van der Waals surface area contributed by atoms with Gasteiger partial charge in [0.2, 0.25) is 0 Å². The molecule has 1 amide bonds. The van der Waals surface area contributed by atoms with E-state index in [1.54, 1.807) is 0 Å². The third-order valence-corrected chi connectivity index (χ3v) is 2.19. The zero-order valence-corrected chi connectivity index (χ0v) is 9.64. The Balaban J connectivity index is 2.66. The monoisotopic (exact) mass is 312 g/mol. The van der Waals surface area contributed by atoms with Crippen molar-refractivity contribution in [1.82, 2.24) is 5.43 Å². The Hall–Kier alpha value is -1.44. The zero-order valence-electron chi connectivity index (χ0n) is 8.05. The van der Waals surface area contributed by atoms with Gasteiger partial charge in [0.1, 0.15) is 5.82 Å². The van der Waals surface area contributed by atoms with Crippen molar-refractivity contribution >= 4 is 28.1 Å². The van der Waals surface area contributed by atoms with Gasteiger partial charge in [0.25, 0.3) is 0 Å². The van der Waals surface area contributed by atoms with Crippen molar-refractivity contribution in [3.63, 3.8) is 0 Å². The summed E-state index contributed by atoms with van der Waals surface area (Å²) in [6.45, 7) is 0. The van der Waals surface area contributed by atoms with E-state index in [1.807, 2.05) is 0 Å². The molecule has 3 nitrogen and oxygen atoms in total. The second-order valence-electron chi connectivity index (χ2n) is 2.87. The molecule has 0 saturated heterocycles. The van der Waals surface area contributed by atoms with Gasteiger partial charge in [-0.3, -0.25) is 4.79 Å². The first kappa shape index (κ1) is 13.6. The van der Waals surface area contributed by atoms with Gasteiger partial charge in [0.05, 0.1) is 10.7 Å². The summed E-state index contributed by atoms with van der Waals surface area (Å²) in [5.41, 5.74) is 1.64. The van der Waals surface area contributed by atoms with Gasteiger partial charge in [-0.1, -0.05) is 6.07 Å². The number of hydrazone groups is 1. The molecule has 0 atom stereocenters. The van der Waals surface area contributed by atoms with Gasteiger partial charge in [-0.2, -0.15) is 18.3 Å². The molecule has 1 aromatic rings. The Morgan fingerprint density at radius 2 is 2.06 bits per heavy atom. The first-order valence-electron chi connectivity index (χ1n) is 4.16. The average Bonchev–Trinajstić information content (AvgIpc) is 2.22. The van der Waals surface area contributed by atoms with Crippen LogP contribution in [-0.4, -0.2) is 18.3 Å². The Morgan fingerprint density at radius 1 is 1.41 bits per heavy atom. The number of hydrogen-bond acceptors (Lipinski definition) is 2. The standard InChI is InChI=1S/C9H5BrF4N2O/c10-6-3-5(1-2-7(6)11)4-15-16-8(17)9(12,13)14/h1-4H,(H,16,17)/b15-4-. The van der Waals surface area contributed by atoms with Crippen LogP contribution in [-0.2, 0) is 4.79 Å². The summed E-state index contributed by atoms with van der Waals surface area (Å²) in [6.07, 6.45) is -4.02. The molecule has 17 heavy (non-hydrogen) atoms. The molecule has 0 unspecified atom stereocenters. The smallest absolute Gasteiger partial charge is 0.263 e. The van der Waals surface area contributed by atoms with Gasteiger partial charge < -0.3 is 0 Å². The molecule has 8 heteroatoms. The number of carbonyl (C=O) groups excluding carboxylic acids is 1. The minimum atomic E-state index is -4.99.